The second-order valence-electron chi connectivity index (χ2n) is 7.74. The molecule has 0 saturated carbocycles. The number of carboxylic acid groups (broad SMARTS) is 1. The maximum Gasteiger partial charge on any atom is 0.416 e. The number of nitro benzene ring substituents is 1. The molecule has 11 heteroatoms. The average molecular weight is 486 g/mol. The van der Waals surface area contributed by atoms with Crippen LogP contribution in [-0.2, 0) is 15.7 Å². The van der Waals surface area contributed by atoms with Gasteiger partial charge in [-0.2, -0.15) is 13.2 Å². The number of hydrogen-bond donors (Lipinski definition) is 1. The third-order valence-corrected chi connectivity index (χ3v) is 5.64. The van der Waals surface area contributed by atoms with Gasteiger partial charge in [0.25, 0.3) is 5.69 Å². The first-order valence-electron chi connectivity index (χ1n) is 10.3. The Morgan fingerprint density at radius 2 is 1.57 bits per heavy atom. The van der Waals surface area contributed by atoms with Crippen LogP contribution in [0.15, 0.2) is 66.7 Å². The number of alkyl halides is 3. The number of benzene rings is 3. The fourth-order valence-electron chi connectivity index (χ4n) is 4.13. The van der Waals surface area contributed by atoms with Crippen molar-refractivity contribution in [3.05, 3.63) is 93.5 Å². The molecule has 180 valence electrons. The van der Waals surface area contributed by atoms with Gasteiger partial charge in [0.1, 0.15) is 18.8 Å². The molecule has 0 bridgehead atoms. The van der Waals surface area contributed by atoms with Crippen molar-refractivity contribution in [3.8, 4) is 11.1 Å². The number of amides is 1. The summed E-state index contributed by atoms with van der Waals surface area (Å²) in [6.07, 6.45) is -6.11. The number of hydrogen-bond acceptors (Lipinski definition) is 5. The van der Waals surface area contributed by atoms with Gasteiger partial charge in [-0.05, 0) is 34.4 Å². The van der Waals surface area contributed by atoms with Crippen LogP contribution in [0.5, 0.6) is 0 Å². The van der Waals surface area contributed by atoms with Gasteiger partial charge < -0.3 is 9.84 Å². The fourth-order valence-corrected chi connectivity index (χ4v) is 4.13. The van der Waals surface area contributed by atoms with E-state index < -0.39 is 46.6 Å². The monoisotopic (exact) mass is 486 g/mol. The predicted octanol–water partition coefficient (Wildman–Crippen LogP) is 5.45. The summed E-state index contributed by atoms with van der Waals surface area (Å²) in [6.45, 7) is -1.26. The Morgan fingerprint density at radius 1 is 1.00 bits per heavy atom. The van der Waals surface area contributed by atoms with Gasteiger partial charge in [0.15, 0.2) is 0 Å². The minimum Gasteiger partial charge on any atom is -0.480 e. The molecule has 0 atom stereocenters. The predicted molar refractivity (Wildman–Crippen MR) is 118 cm³/mol. The maximum atomic E-state index is 13.0. The van der Waals surface area contributed by atoms with Crippen molar-refractivity contribution >= 4 is 23.4 Å². The van der Waals surface area contributed by atoms with E-state index in [-0.39, 0.29) is 18.6 Å². The zero-order chi connectivity index (χ0) is 25.3. The summed E-state index contributed by atoms with van der Waals surface area (Å²) < 4.78 is 44.5. The zero-order valence-electron chi connectivity index (χ0n) is 17.9. The van der Waals surface area contributed by atoms with Gasteiger partial charge in [-0.25, -0.2) is 4.79 Å². The summed E-state index contributed by atoms with van der Waals surface area (Å²) in [4.78, 5) is 35.1. The van der Waals surface area contributed by atoms with E-state index in [1.54, 1.807) is 0 Å². The Labute approximate surface area is 196 Å². The number of carboxylic acids is 1. The molecule has 4 rings (SSSR count). The molecule has 35 heavy (non-hydrogen) atoms. The lowest BCUT2D eigenvalue weighted by Crippen LogP contribution is -2.37. The van der Waals surface area contributed by atoms with Gasteiger partial charge in [0.2, 0.25) is 0 Å². The van der Waals surface area contributed by atoms with Gasteiger partial charge in [0.05, 0.1) is 10.5 Å². The molecule has 1 aliphatic carbocycles. The van der Waals surface area contributed by atoms with Crippen LogP contribution in [0, 0.1) is 10.1 Å². The largest absolute Gasteiger partial charge is 0.480 e. The fraction of sp³-hybridized carbons (Fsp3) is 0.167. The van der Waals surface area contributed by atoms with Crippen LogP contribution in [0.2, 0.25) is 0 Å². The van der Waals surface area contributed by atoms with Crippen LogP contribution in [0.4, 0.5) is 29.3 Å². The Hall–Kier alpha value is -4.41. The number of fused-ring (bicyclic) bond motifs is 3. The van der Waals surface area contributed by atoms with Gasteiger partial charge in [0, 0.05) is 12.0 Å². The first-order chi connectivity index (χ1) is 16.6. The number of rotatable bonds is 6. The number of carbonyl (C=O) groups excluding carboxylic acids is 1. The van der Waals surface area contributed by atoms with Crippen LogP contribution < -0.4 is 4.90 Å². The van der Waals surface area contributed by atoms with Crippen molar-refractivity contribution in [1.82, 2.24) is 0 Å². The molecule has 8 nitrogen and oxygen atoms in total. The third kappa shape index (κ3) is 4.65. The number of halogens is 3. The minimum absolute atomic E-state index is 0.211. The highest BCUT2D eigenvalue weighted by Crippen LogP contribution is 2.44. The van der Waals surface area contributed by atoms with Crippen molar-refractivity contribution < 1.29 is 37.5 Å². The van der Waals surface area contributed by atoms with Gasteiger partial charge in [-0.1, -0.05) is 48.5 Å². The molecule has 0 aromatic heterocycles. The lowest BCUT2D eigenvalue weighted by atomic mass is 9.98. The lowest BCUT2D eigenvalue weighted by Gasteiger charge is -2.22. The highest BCUT2D eigenvalue weighted by atomic mass is 19.4. The van der Waals surface area contributed by atoms with Crippen molar-refractivity contribution in [2.24, 2.45) is 0 Å². The standard InChI is InChI=1S/C24H17F3N2O6/c25-24(26,27)14-9-10-20(21(11-14)29(33)34)28(12-22(30)31)23(32)35-13-19-17-7-3-1-5-15(17)16-6-2-4-8-18(16)19/h1-11,19H,12-13H2,(H,30,31). The van der Waals surface area contributed by atoms with E-state index in [1.165, 1.54) is 0 Å². The van der Waals surface area contributed by atoms with Crippen molar-refractivity contribution in [2.75, 3.05) is 18.1 Å². The second kappa shape index (κ2) is 9.09. The lowest BCUT2D eigenvalue weighted by molar-refractivity contribution is -0.384. The van der Waals surface area contributed by atoms with E-state index in [4.69, 9.17) is 4.74 Å². The molecule has 0 fully saturated rings. The molecule has 1 amide bonds. The van der Waals surface area contributed by atoms with Gasteiger partial charge in [-0.3, -0.25) is 19.8 Å². The van der Waals surface area contributed by atoms with Crippen LogP contribution in [0.25, 0.3) is 11.1 Å². The number of nitrogens with zero attached hydrogens (tertiary/aromatic N) is 2. The summed E-state index contributed by atoms with van der Waals surface area (Å²) in [5.41, 5.74) is 0.654. The smallest absolute Gasteiger partial charge is 0.416 e. The number of carbonyl (C=O) groups is 2. The summed E-state index contributed by atoms with van der Waals surface area (Å²) in [5.74, 6) is -1.91. The quantitative estimate of drug-likeness (QED) is 0.366. The van der Waals surface area contributed by atoms with E-state index in [9.17, 15) is 38.0 Å². The highest BCUT2D eigenvalue weighted by molar-refractivity contribution is 5.95. The van der Waals surface area contributed by atoms with Crippen molar-refractivity contribution in [2.45, 2.75) is 12.1 Å². The van der Waals surface area contributed by atoms with E-state index in [2.05, 4.69) is 0 Å². The van der Waals surface area contributed by atoms with E-state index in [0.29, 0.717) is 17.0 Å². The molecule has 0 saturated heterocycles. The topological polar surface area (TPSA) is 110 Å². The molecule has 3 aromatic rings. The number of anilines is 1. The SMILES string of the molecule is O=C(O)CN(C(=O)OCC1c2ccccc2-c2ccccc21)c1ccc(C(F)(F)F)cc1[N+](=O)[O-]. The van der Waals surface area contributed by atoms with Gasteiger partial charge >= 0.3 is 18.2 Å². The second-order valence-corrected chi connectivity index (χ2v) is 7.74. The van der Waals surface area contributed by atoms with Gasteiger partial charge in [-0.15, -0.1) is 0 Å². The normalized spacial score (nSPS) is 12.5. The molecule has 1 aliphatic rings. The highest BCUT2D eigenvalue weighted by Gasteiger charge is 2.36. The number of nitro groups is 1. The van der Waals surface area contributed by atoms with Crippen LogP contribution >= 0.6 is 0 Å². The summed E-state index contributed by atoms with van der Waals surface area (Å²) in [7, 11) is 0. The Bertz CT molecular complexity index is 1280. The molecule has 0 unspecified atom stereocenters. The number of ether oxygens (including phenoxy) is 1. The molecule has 0 radical (unpaired) electrons. The zero-order valence-corrected chi connectivity index (χ0v) is 17.9. The molecule has 1 N–H and O–H groups in total. The van der Waals surface area contributed by atoms with Crippen LogP contribution in [0.1, 0.15) is 22.6 Å². The molecule has 0 heterocycles. The molecule has 0 spiro atoms. The maximum absolute atomic E-state index is 13.0. The Morgan fingerprint density at radius 3 is 2.09 bits per heavy atom. The van der Waals surface area contributed by atoms with E-state index >= 15 is 0 Å². The van der Waals surface area contributed by atoms with E-state index in [1.807, 2.05) is 48.5 Å². The van der Waals surface area contributed by atoms with Crippen LogP contribution in [-0.4, -0.2) is 35.2 Å². The summed E-state index contributed by atoms with van der Waals surface area (Å²) in [6, 6.07) is 16.4. The Balaban J connectivity index is 1.64. The molecule has 3 aromatic carbocycles. The first kappa shape index (κ1) is 23.7. The molecular formula is C24H17F3N2O6. The minimum atomic E-state index is -4.87. The summed E-state index contributed by atoms with van der Waals surface area (Å²) >= 11 is 0. The molecule has 0 aliphatic heterocycles. The molecular weight excluding hydrogens is 469 g/mol. The third-order valence-electron chi connectivity index (χ3n) is 5.64. The average Bonchev–Trinajstić information content (AvgIpc) is 3.13. The van der Waals surface area contributed by atoms with Crippen molar-refractivity contribution in [3.63, 3.8) is 0 Å². The van der Waals surface area contributed by atoms with E-state index in [0.717, 1.165) is 22.3 Å². The van der Waals surface area contributed by atoms with Crippen LogP contribution in [0.3, 0.4) is 0 Å². The van der Waals surface area contributed by atoms with Crippen molar-refractivity contribution in [1.29, 1.82) is 0 Å². The first-order valence-corrected chi connectivity index (χ1v) is 10.3. The Kier molecular flexibility index (Phi) is 6.16. The summed E-state index contributed by atoms with van der Waals surface area (Å²) in [5, 5.41) is 20.7. The number of aliphatic carboxylic acids is 1.